The van der Waals surface area contributed by atoms with Gasteiger partial charge in [0.2, 0.25) is 5.91 Å². The number of aryl methyl sites for hydroxylation is 2. The number of carbonyl (C=O) groups is 1. The number of amides is 1. The number of benzene rings is 1. The summed E-state index contributed by atoms with van der Waals surface area (Å²) in [6, 6.07) is 4.66. The van der Waals surface area contributed by atoms with Crippen LogP contribution in [-0.2, 0) is 11.2 Å². The summed E-state index contributed by atoms with van der Waals surface area (Å²) in [7, 11) is 0. The van der Waals surface area contributed by atoms with Gasteiger partial charge in [0, 0.05) is 6.04 Å². The molecule has 2 aliphatic rings. The largest absolute Gasteiger partial charge is 0.317 e. The maximum atomic E-state index is 12.3. The fourth-order valence-electron chi connectivity index (χ4n) is 3.23. The van der Waals surface area contributed by atoms with Crippen molar-refractivity contribution in [3.63, 3.8) is 0 Å². The normalized spacial score (nSPS) is 20.3. The van der Waals surface area contributed by atoms with Crippen molar-refractivity contribution in [3.05, 3.63) is 28.8 Å². The first-order chi connectivity index (χ1) is 8.68. The van der Waals surface area contributed by atoms with Gasteiger partial charge in [-0.1, -0.05) is 12.1 Å². The molecule has 0 unspecified atom stereocenters. The van der Waals surface area contributed by atoms with Gasteiger partial charge in [-0.2, -0.15) is 0 Å². The summed E-state index contributed by atoms with van der Waals surface area (Å²) in [6.45, 7) is 6.27. The Morgan fingerprint density at radius 1 is 1.17 bits per heavy atom. The molecule has 0 saturated carbocycles. The summed E-state index contributed by atoms with van der Waals surface area (Å²) in [4.78, 5) is 14.4. The number of carbonyl (C=O) groups excluding carboxylic acids is 1. The lowest BCUT2D eigenvalue weighted by molar-refractivity contribution is -0.117. The van der Waals surface area contributed by atoms with Crippen LogP contribution in [0.2, 0.25) is 0 Å². The molecule has 1 N–H and O–H groups in total. The summed E-state index contributed by atoms with van der Waals surface area (Å²) in [5.41, 5.74) is 4.94. The molecule has 96 valence electrons. The van der Waals surface area contributed by atoms with Gasteiger partial charge in [-0.05, 0) is 56.5 Å². The molecular formula is C15H20N2O. The first-order valence-electron chi connectivity index (χ1n) is 6.80. The predicted molar refractivity (Wildman–Crippen MR) is 73.0 cm³/mol. The minimum atomic E-state index is 0.286. The zero-order valence-corrected chi connectivity index (χ0v) is 11.1. The second kappa shape index (κ2) is 4.39. The van der Waals surface area contributed by atoms with E-state index in [0.29, 0.717) is 12.5 Å². The molecule has 0 spiro atoms. The van der Waals surface area contributed by atoms with Crippen LogP contribution >= 0.6 is 0 Å². The van der Waals surface area contributed by atoms with Gasteiger partial charge in [-0.15, -0.1) is 0 Å². The van der Waals surface area contributed by atoms with Crippen molar-refractivity contribution in [3.8, 4) is 0 Å². The number of hydrogen-bond donors (Lipinski definition) is 1. The smallest absolute Gasteiger partial charge is 0.231 e. The van der Waals surface area contributed by atoms with Crippen LogP contribution in [0, 0.1) is 13.8 Å². The first-order valence-corrected chi connectivity index (χ1v) is 6.80. The lowest BCUT2D eigenvalue weighted by atomic mass is 10.0. The number of nitrogens with one attached hydrogen (secondary N) is 1. The van der Waals surface area contributed by atoms with Crippen molar-refractivity contribution in [1.29, 1.82) is 0 Å². The molecular weight excluding hydrogens is 224 g/mol. The molecule has 2 aliphatic heterocycles. The number of rotatable bonds is 1. The molecule has 1 aromatic rings. The van der Waals surface area contributed by atoms with Crippen LogP contribution < -0.4 is 10.2 Å². The predicted octanol–water partition coefficient (Wildman–Crippen LogP) is 1.94. The van der Waals surface area contributed by atoms with Crippen molar-refractivity contribution >= 4 is 11.6 Å². The Kier molecular flexibility index (Phi) is 2.86. The highest BCUT2D eigenvalue weighted by molar-refractivity contribution is 6.03. The molecule has 18 heavy (non-hydrogen) atoms. The highest BCUT2D eigenvalue weighted by Crippen LogP contribution is 2.37. The fraction of sp³-hybridized carbons (Fsp3) is 0.533. The van der Waals surface area contributed by atoms with Crippen LogP contribution in [0.1, 0.15) is 29.5 Å². The van der Waals surface area contributed by atoms with Gasteiger partial charge in [0.15, 0.2) is 0 Å². The third-order valence-electron chi connectivity index (χ3n) is 4.23. The van der Waals surface area contributed by atoms with Crippen LogP contribution in [0.3, 0.4) is 0 Å². The Labute approximate surface area is 108 Å². The molecule has 1 amide bonds. The van der Waals surface area contributed by atoms with E-state index in [9.17, 15) is 4.79 Å². The van der Waals surface area contributed by atoms with Gasteiger partial charge in [0.05, 0.1) is 12.1 Å². The number of piperidine rings is 1. The van der Waals surface area contributed by atoms with E-state index in [1.807, 2.05) is 0 Å². The third-order valence-corrected chi connectivity index (χ3v) is 4.23. The molecule has 0 aliphatic carbocycles. The van der Waals surface area contributed by atoms with E-state index in [4.69, 9.17) is 0 Å². The quantitative estimate of drug-likeness (QED) is 0.819. The monoisotopic (exact) mass is 244 g/mol. The van der Waals surface area contributed by atoms with Gasteiger partial charge >= 0.3 is 0 Å². The molecule has 0 atom stereocenters. The molecule has 1 saturated heterocycles. The molecule has 0 radical (unpaired) electrons. The summed E-state index contributed by atoms with van der Waals surface area (Å²) in [5, 5.41) is 3.37. The molecule has 3 nitrogen and oxygen atoms in total. The van der Waals surface area contributed by atoms with Gasteiger partial charge in [-0.25, -0.2) is 0 Å². The first kappa shape index (κ1) is 11.7. The van der Waals surface area contributed by atoms with E-state index in [2.05, 4.69) is 36.2 Å². The SMILES string of the molecule is Cc1ccc(C)c2c1CC(=O)N2C1CCNCC1. The number of fused-ring (bicyclic) bond motifs is 1. The molecule has 2 heterocycles. The van der Waals surface area contributed by atoms with Crippen molar-refractivity contribution in [2.45, 2.75) is 39.2 Å². The topological polar surface area (TPSA) is 32.3 Å². The molecule has 1 aromatic carbocycles. The second-order valence-corrected chi connectivity index (χ2v) is 5.45. The average molecular weight is 244 g/mol. The van der Waals surface area contributed by atoms with E-state index >= 15 is 0 Å². The zero-order valence-electron chi connectivity index (χ0n) is 11.1. The van der Waals surface area contributed by atoms with E-state index < -0.39 is 0 Å². The molecule has 0 aromatic heterocycles. The summed E-state index contributed by atoms with van der Waals surface area (Å²) in [6.07, 6.45) is 2.73. The Hall–Kier alpha value is -1.35. The third kappa shape index (κ3) is 1.74. The van der Waals surface area contributed by atoms with E-state index in [0.717, 1.165) is 25.9 Å². The summed E-state index contributed by atoms with van der Waals surface area (Å²) < 4.78 is 0. The molecule has 3 heteroatoms. The molecule has 0 bridgehead atoms. The van der Waals surface area contributed by atoms with Gasteiger partial charge in [0.1, 0.15) is 0 Å². The van der Waals surface area contributed by atoms with Crippen LogP contribution in [0.25, 0.3) is 0 Å². The summed E-state index contributed by atoms with van der Waals surface area (Å²) >= 11 is 0. The van der Waals surface area contributed by atoms with E-state index in [1.165, 1.54) is 22.4 Å². The van der Waals surface area contributed by atoms with Crippen molar-refractivity contribution in [2.24, 2.45) is 0 Å². The highest BCUT2D eigenvalue weighted by atomic mass is 16.2. The Balaban J connectivity index is 2.02. The lowest BCUT2D eigenvalue weighted by Crippen LogP contribution is -2.45. The van der Waals surface area contributed by atoms with E-state index in [1.54, 1.807) is 0 Å². The van der Waals surface area contributed by atoms with Crippen molar-refractivity contribution < 1.29 is 4.79 Å². The standard InChI is InChI=1S/C15H20N2O/c1-10-3-4-11(2)15-13(10)9-14(18)17(15)12-5-7-16-8-6-12/h3-4,12,16H,5-9H2,1-2H3. The summed E-state index contributed by atoms with van der Waals surface area (Å²) in [5.74, 6) is 0.286. The van der Waals surface area contributed by atoms with Gasteiger partial charge in [0.25, 0.3) is 0 Å². The highest BCUT2D eigenvalue weighted by Gasteiger charge is 2.35. The molecule has 1 fully saturated rings. The fourth-order valence-corrected chi connectivity index (χ4v) is 3.23. The van der Waals surface area contributed by atoms with E-state index in [-0.39, 0.29) is 5.91 Å². The average Bonchev–Trinajstić information content (AvgIpc) is 2.74. The minimum Gasteiger partial charge on any atom is -0.317 e. The van der Waals surface area contributed by atoms with Gasteiger partial charge < -0.3 is 10.2 Å². The Morgan fingerprint density at radius 2 is 1.83 bits per heavy atom. The number of nitrogens with zero attached hydrogens (tertiary/aromatic N) is 1. The number of anilines is 1. The van der Waals surface area contributed by atoms with Crippen LogP contribution in [0.15, 0.2) is 12.1 Å². The van der Waals surface area contributed by atoms with Crippen LogP contribution in [-0.4, -0.2) is 25.0 Å². The number of hydrogen-bond acceptors (Lipinski definition) is 2. The second-order valence-electron chi connectivity index (χ2n) is 5.45. The van der Waals surface area contributed by atoms with Crippen molar-refractivity contribution in [1.82, 2.24) is 5.32 Å². The van der Waals surface area contributed by atoms with Crippen LogP contribution in [0.4, 0.5) is 5.69 Å². The maximum Gasteiger partial charge on any atom is 0.231 e. The lowest BCUT2D eigenvalue weighted by Gasteiger charge is -2.33. The minimum absolute atomic E-state index is 0.286. The van der Waals surface area contributed by atoms with Gasteiger partial charge in [-0.3, -0.25) is 4.79 Å². The van der Waals surface area contributed by atoms with Crippen molar-refractivity contribution in [2.75, 3.05) is 18.0 Å². The zero-order chi connectivity index (χ0) is 12.7. The molecule has 3 rings (SSSR count). The Bertz CT molecular complexity index is 490. The van der Waals surface area contributed by atoms with Crippen LogP contribution in [0.5, 0.6) is 0 Å². The maximum absolute atomic E-state index is 12.3. The Morgan fingerprint density at radius 3 is 2.56 bits per heavy atom.